The topological polar surface area (TPSA) is 15.3 Å². The molecule has 1 saturated heterocycles. The van der Waals surface area contributed by atoms with Crippen LogP contribution in [0.15, 0.2) is 0 Å². The Bertz CT molecular complexity index is 147. The van der Waals surface area contributed by atoms with Gasteiger partial charge in [-0.2, -0.15) is 0 Å². The van der Waals surface area contributed by atoms with Crippen LogP contribution >= 0.6 is 0 Å². The monoisotopic (exact) mass is 198 g/mol. The molecule has 2 unspecified atom stereocenters. The van der Waals surface area contributed by atoms with Crippen molar-refractivity contribution < 1.29 is 0 Å². The molecular formula is C12H26N2. The molecule has 0 aromatic rings. The van der Waals surface area contributed by atoms with E-state index in [2.05, 4.69) is 31.0 Å². The second-order valence-electron chi connectivity index (χ2n) is 4.55. The molecular weight excluding hydrogens is 172 g/mol. The van der Waals surface area contributed by atoms with E-state index in [0.29, 0.717) is 6.04 Å². The lowest BCUT2D eigenvalue weighted by molar-refractivity contribution is 0.180. The summed E-state index contributed by atoms with van der Waals surface area (Å²) in [4.78, 5) is 2.69. The zero-order valence-electron chi connectivity index (χ0n) is 10.1. The zero-order valence-corrected chi connectivity index (χ0v) is 10.1. The summed E-state index contributed by atoms with van der Waals surface area (Å²) in [6.45, 7) is 10.6. The Hall–Kier alpha value is -0.0800. The van der Waals surface area contributed by atoms with Gasteiger partial charge in [0.1, 0.15) is 0 Å². The van der Waals surface area contributed by atoms with Crippen LogP contribution in [0.3, 0.4) is 0 Å². The summed E-state index contributed by atoms with van der Waals surface area (Å²) >= 11 is 0. The van der Waals surface area contributed by atoms with Crippen LogP contribution in [-0.2, 0) is 0 Å². The van der Waals surface area contributed by atoms with Crippen molar-refractivity contribution in [1.82, 2.24) is 10.2 Å². The molecule has 1 heterocycles. The van der Waals surface area contributed by atoms with Crippen molar-refractivity contribution in [2.45, 2.75) is 58.5 Å². The zero-order chi connectivity index (χ0) is 10.4. The molecule has 1 aliphatic rings. The van der Waals surface area contributed by atoms with Crippen molar-refractivity contribution in [1.29, 1.82) is 0 Å². The van der Waals surface area contributed by atoms with Crippen LogP contribution in [0, 0.1) is 0 Å². The number of nitrogens with one attached hydrogen (secondary N) is 1. The molecule has 0 radical (unpaired) electrons. The quantitative estimate of drug-likeness (QED) is 0.745. The Labute approximate surface area is 89.1 Å². The van der Waals surface area contributed by atoms with E-state index >= 15 is 0 Å². The van der Waals surface area contributed by atoms with Crippen molar-refractivity contribution in [2.24, 2.45) is 0 Å². The Morgan fingerprint density at radius 1 is 1.43 bits per heavy atom. The minimum Gasteiger partial charge on any atom is -0.313 e. The predicted molar refractivity (Wildman–Crippen MR) is 62.6 cm³/mol. The average molecular weight is 198 g/mol. The van der Waals surface area contributed by atoms with Gasteiger partial charge in [0.05, 0.1) is 0 Å². The summed E-state index contributed by atoms with van der Waals surface area (Å²) in [5.74, 6) is 0. The third-order valence-electron chi connectivity index (χ3n) is 3.23. The van der Waals surface area contributed by atoms with E-state index in [1.54, 1.807) is 0 Å². The molecule has 0 aromatic carbocycles. The first-order valence-electron chi connectivity index (χ1n) is 6.25. The molecule has 0 saturated carbocycles. The minimum absolute atomic E-state index is 0.670. The van der Waals surface area contributed by atoms with Gasteiger partial charge in [-0.3, -0.25) is 4.90 Å². The molecule has 0 aliphatic carbocycles. The van der Waals surface area contributed by atoms with Gasteiger partial charge < -0.3 is 5.32 Å². The van der Waals surface area contributed by atoms with Gasteiger partial charge in [-0.1, -0.05) is 20.3 Å². The van der Waals surface area contributed by atoms with Crippen molar-refractivity contribution >= 4 is 0 Å². The summed E-state index contributed by atoms with van der Waals surface area (Å²) in [6, 6.07) is 1.49. The lowest BCUT2D eigenvalue weighted by Gasteiger charge is -2.31. The first kappa shape index (κ1) is 12.0. The second kappa shape index (κ2) is 6.41. The summed E-state index contributed by atoms with van der Waals surface area (Å²) in [5.41, 5.74) is 0. The first-order valence-corrected chi connectivity index (χ1v) is 6.25. The molecule has 0 spiro atoms. The van der Waals surface area contributed by atoms with E-state index in [0.717, 1.165) is 6.04 Å². The van der Waals surface area contributed by atoms with Crippen molar-refractivity contribution in [3.63, 3.8) is 0 Å². The molecule has 0 aromatic heterocycles. The molecule has 1 rings (SSSR count). The normalized spacial score (nSPS) is 27.2. The van der Waals surface area contributed by atoms with E-state index in [1.165, 1.54) is 45.3 Å². The standard InChI is InChI=1S/C12H26N2/c1-4-7-12(5-2)14-9-6-8-13-11(3)10-14/h11-13H,4-10H2,1-3H3. The Morgan fingerprint density at radius 2 is 2.21 bits per heavy atom. The molecule has 1 fully saturated rings. The van der Waals surface area contributed by atoms with E-state index in [1.807, 2.05) is 0 Å². The molecule has 84 valence electrons. The summed E-state index contributed by atoms with van der Waals surface area (Å²) in [5, 5.41) is 3.55. The fourth-order valence-electron chi connectivity index (χ4n) is 2.45. The number of hydrogen-bond donors (Lipinski definition) is 1. The molecule has 1 N–H and O–H groups in total. The van der Waals surface area contributed by atoms with Crippen LogP contribution in [-0.4, -0.2) is 36.6 Å². The highest BCUT2D eigenvalue weighted by molar-refractivity contribution is 4.78. The Morgan fingerprint density at radius 3 is 2.86 bits per heavy atom. The SMILES string of the molecule is CCCC(CC)N1CCCNC(C)C1. The van der Waals surface area contributed by atoms with Gasteiger partial charge in [0.2, 0.25) is 0 Å². The van der Waals surface area contributed by atoms with E-state index < -0.39 is 0 Å². The highest BCUT2D eigenvalue weighted by atomic mass is 15.2. The van der Waals surface area contributed by atoms with Crippen LogP contribution in [0.5, 0.6) is 0 Å². The van der Waals surface area contributed by atoms with Crippen LogP contribution in [0.2, 0.25) is 0 Å². The van der Waals surface area contributed by atoms with Crippen molar-refractivity contribution in [3.05, 3.63) is 0 Å². The van der Waals surface area contributed by atoms with Gasteiger partial charge in [0.15, 0.2) is 0 Å². The van der Waals surface area contributed by atoms with Crippen LogP contribution < -0.4 is 5.32 Å². The highest BCUT2D eigenvalue weighted by Gasteiger charge is 2.19. The molecule has 14 heavy (non-hydrogen) atoms. The molecule has 2 atom stereocenters. The fourth-order valence-corrected chi connectivity index (χ4v) is 2.45. The average Bonchev–Trinajstić information content (AvgIpc) is 2.39. The maximum absolute atomic E-state index is 3.55. The molecule has 2 heteroatoms. The predicted octanol–water partition coefficient (Wildman–Crippen LogP) is 2.25. The smallest absolute Gasteiger partial charge is 0.0166 e. The summed E-state index contributed by atoms with van der Waals surface area (Å²) in [6.07, 6.45) is 5.30. The largest absolute Gasteiger partial charge is 0.313 e. The molecule has 0 amide bonds. The molecule has 2 nitrogen and oxygen atoms in total. The summed E-state index contributed by atoms with van der Waals surface area (Å²) < 4.78 is 0. The van der Waals surface area contributed by atoms with Crippen molar-refractivity contribution in [2.75, 3.05) is 19.6 Å². The van der Waals surface area contributed by atoms with E-state index in [9.17, 15) is 0 Å². The number of hydrogen-bond acceptors (Lipinski definition) is 2. The van der Waals surface area contributed by atoms with Gasteiger partial charge in [-0.15, -0.1) is 0 Å². The first-order chi connectivity index (χ1) is 6.77. The third kappa shape index (κ3) is 3.58. The van der Waals surface area contributed by atoms with Crippen LogP contribution in [0.1, 0.15) is 46.5 Å². The van der Waals surface area contributed by atoms with Gasteiger partial charge >= 0.3 is 0 Å². The van der Waals surface area contributed by atoms with Crippen molar-refractivity contribution in [3.8, 4) is 0 Å². The number of rotatable bonds is 4. The van der Waals surface area contributed by atoms with E-state index in [-0.39, 0.29) is 0 Å². The van der Waals surface area contributed by atoms with E-state index in [4.69, 9.17) is 0 Å². The second-order valence-corrected chi connectivity index (χ2v) is 4.55. The van der Waals surface area contributed by atoms with Gasteiger partial charge in [-0.05, 0) is 39.3 Å². The molecule has 0 bridgehead atoms. The number of nitrogens with zero attached hydrogens (tertiary/aromatic N) is 1. The lowest BCUT2D eigenvalue weighted by atomic mass is 10.1. The molecule has 1 aliphatic heterocycles. The fraction of sp³-hybridized carbons (Fsp3) is 1.00. The van der Waals surface area contributed by atoms with Gasteiger partial charge in [0, 0.05) is 18.6 Å². The maximum Gasteiger partial charge on any atom is 0.0166 e. The van der Waals surface area contributed by atoms with Gasteiger partial charge in [-0.25, -0.2) is 0 Å². The van der Waals surface area contributed by atoms with Crippen LogP contribution in [0.4, 0.5) is 0 Å². The van der Waals surface area contributed by atoms with Gasteiger partial charge in [0.25, 0.3) is 0 Å². The van der Waals surface area contributed by atoms with Crippen LogP contribution in [0.25, 0.3) is 0 Å². The summed E-state index contributed by atoms with van der Waals surface area (Å²) in [7, 11) is 0. The maximum atomic E-state index is 3.55. The third-order valence-corrected chi connectivity index (χ3v) is 3.23. The Balaban J connectivity index is 2.45. The Kier molecular flexibility index (Phi) is 5.49. The minimum atomic E-state index is 0.670. The highest BCUT2D eigenvalue weighted by Crippen LogP contribution is 2.13. The lowest BCUT2D eigenvalue weighted by Crippen LogP contribution is -2.41.